The summed E-state index contributed by atoms with van der Waals surface area (Å²) in [4.78, 5) is 0. The van der Waals surface area contributed by atoms with Gasteiger partial charge in [0.25, 0.3) is 0 Å². The summed E-state index contributed by atoms with van der Waals surface area (Å²) >= 11 is 2.85. The molecular formula is C9H12CrO3. The van der Waals surface area contributed by atoms with E-state index in [2.05, 4.69) is 21.9 Å². The quantitative estimate of drug-likeness (QED) is 0.709. The van der Waals surface area contributed by atoms with Gasteiger partial charge in [0.2, 0.25) is 0 Å². The number of hydrogen-bond acceptors (Lipinski definition) is 3. The van der Waals surface area contributed by atoms with Gasteiger partial charge in [-0.05, 0) is 0 Å². The van der Waals surface area contributed by atoms with Crippen LogP contribution < -0.4 is 0 Å². The molecule has 2 heterocycles. The van der Waals surface area contributed by atoms with Crippen LogP contribution in [0.2, 0.25) is 0 Å². The molecule has 2 aliphatic heterocycles. The molecule has 3 nitrogen and oxygen atoms in total. The molecule has 2 atom stereocenters. The van der Waals surface area contributed by atoms with Gasteiger partial charge < -0.3 is 0 Å². The van der Waals surface area contributed by atoms with Crippen LogP contribution in [-0.2, 0) is 30.1 Å². The van der Waals surface area contributed by atoms with E-state index in [1.165, 1.54) is 0 Å². The average Bonchev–Trinajstić information content (AvgIpc) is 2.61. The van der Waals surface area contributed by atoms with Gasteiger partial charge in [-0.15, -0.1) is 0 Å². The van der Waals surface area contributed by atoms with Crippen molar-refractivity contribution in [3.05, 3.63) is 11.8 Å². The molecule has 0 amide bonds. The first-order valence-corrected chi connectivity index (χ1v) is 5.12. The predicted molar refractivity (Wildman–Crippen MR) is 43.6 cm³/mol. The number of rotatable bonds is 3. The summed E-state index contributed by atoms with van der Waals surface area (Å²) < 4.78 is 17.0. The van der Waals surface area contributed by atoms with E-state index in [1.807, 2.05) is 6.92 Å². The second-order valence-electron chi connectivity index (χ2n) is 3.06. The Bertz CT molecular complexity index is 249. The molecule has 72 valence electrons. The van der Waals surface area contributed by atoms with Crippen LogP contribution in [-0.4, -0.2) is 24.1 Å². The van der Waals surface area contributed by atoms with E-state index in [0.29, 0.717) is 12.5 Å². The van der Waals surface area contributed by atoms with Crippen molar-refractivity contribution in [1.29, 1.82) is 0 Å². The van der Waals surface area contributed by atoms with Crippen LogP contribution in [0, 0.1) is 5.92 Å². The molecule has 4 heteroatoms. The van der Waals surface area contributed by atoms with Crippen LogP contribution >= 0.6 is 0 Å². The summed E-state index contributed by atoms with van der Waals surface area (Å²) in [6.45, 7) is 3.40. The van der Waals surface area contributed by atoms with Crippen molar-refractivity contribution in [2.75, 3.05) is 13.2 Å². The first kappa shape index (κ1) is 9.42. The molecule has 13 heavy (non-hydrogen) atoms. The minimum atomic E-state index is -0.0705. The first-order chi connectivity index (χ1) is 6.31. The molecule has 0 N–H and O–H groups in total. The molecule has 0 aromatic rings. The fourth-order valence-electron chi connectivity index (χ4n) is 1.54. The Kier molecular flexibility index (Phi) is 2.85. The van der Waals surface area contributed by atoms with E-state index in [4.69, 9.17) is 14.2 Å². The molecule has 0 aromatic carbocycles. The maximum atomic E-state index is 5.55. The Labute approximate surface area is 85.6 Å². The summed E-state index contributed by atoms with van der Waals surface area (Å²) in [5.74, 6) is 1.22. The Morgan fingerprint density at radius 1 is 1.77 bits per heavy atom. The third-order valence-corrected chi connectivity index (χ3v) is 2.67. The van der Waals surface area contributed by atoms with Crippen molar-refractivity contribution >= 4 is 4.57 Å². The standard InChI is InChI=1S/C9H12O3.Cr/c1-2-10-6-8-5-7-3-4-11-9(7)12-8;/h5,7,9H,2-4H2,1H3;/t7-,9+;/m0./s1. The Balaban J connectivity index is 1.99. The van der Waals surface area contributed by atoms with Crippen molar-refractivity contribution < 1.29 is 30.1 Å². The maximum absolute atomic E-state index is 5.55. The second kappa shape index (κ2) is 3.93. The molecule has 0 aromatic heterocycles. The Morgan fingerprint density at radius 2 is 2.62 bits per heavy atom. The Morgan fingerprint density at radius 3 is 3.31 bits per heavy atom. The molecule has 2 aliphatic rings. The van der Waals surface area contributed by atoms with Crippen LogP contribution in [0.1, 0.15) is 13.3 Å². The second-order valence-corrected chi connectivity index (χ2v) is 3.64. The van der Waals surface area contributed by atoms with E-state index >= 15 is 0 Å². The third-order valence-electron chi connectivity index (χ3n) is 2.17. The van der Waals surface area contributed by atoms with Crippen molar-refractivity contribution in [2.24, 2.45) is 5.92 Å². The van der Waals surface area contributed by atoms with Crippen LogP contribution in [0.4, 0.5) is 0 Å². The average molecular weight is 220 g/mol. The topological polar surface area (TPSA) is 27.7 Å². The summed E-state index contributed by atoms with van der Waals surface area (Å²) in [5, 5.41) is 0. The molecule has 0 aliphatic carbocycles. The monoisotopic (exact) mass is 220 g/mol. The molecule has 1 saturated heterocycles. The van der Waals surface area contributed by atoms with E-state index in [0.717, 1.165) is 23.4 Å². The predicted octanol–water partition coefficient (Wildman–Crippen LogP) is 0.976. The van der Waals surface area contributed by atoms with Gasteiger partial charge in [0, 0.05) is 0 Å². The van der Waals surface area contributed by atoms with Crippen LogP contribution in [0.25, 0.3) is 0 Å². The minimum absolute atomic E-state index is 0.0705. The summed E-state index contributed by atoms with van der Waals surface area (Å²) in [6, 6.07) is 0. The molecule has 0 spiro atoms. The van der Waals surface area contributed by atoms with Gasteiger partial charge in [0.05, 0.1) is 0 Å². The molecular weight excluding hydrogens is 208 g/mol. The van der Waals surface area contributed by atoms with Crippen molar-refractivity contribution in [3.63, 3.8) is 0 Å². The van der Waals surface area contributed by atoms with Gasteiger partial charge in [-0.3, -0.25) is 0 Å². The Hall–Kier alpha value is -0.138. The van der Waals surface area contributed by atoms with E-state index in [9.17, 15) is 0 Å². The zero-order chi connectivity index (χ0) is 9.26. The van der Waals surface area contributed by atoms with Gasteiger partial charge in [-0.25, -0.2) is 0 Å². The number of ether oxygens (including phenoxy) is 3. The van der Waals surface area contributed by atoms with Crippen LogP contribution in [0.3, 0.4) is 0 Å². The third kappa shape index (κ3) is 1.87. The zero-order valence-electron chi connectivity index (χ0n) is 7.49. The fourth-order valence-corrected chi connectivity index (χ4v) is 1.91. The fraction of sp³-hybridized carbons (Fsp3) is 0.667. The SMILES string of the molecule is CCO[C](=[Cr])C1=C[C@@H]2CCO[C@@H]2O1. The van der Waals surface area contributed by atoms with Crippen LogP contribution in [0.5, 0.6) is 0 Å². The molecule has 0 saturated carbocycles. The molecule has 2 rings (SSSR count). The van der Waals surface area contributed by atoms with Gasteiger partial charge >= 0.3 is 85.2 Å². The van der Waals surface area contributed by atoms with Gasteiger partial charge in [-0.2, -0.15) is 0 Å². The summed E-state index contributed by atoms with van der Waals surface area (Å²) in [6.07, 6.45) is 3.06. The molecule has 0 unspecified atom stereocenters. The van der Waals surface area contributed by atoms with Gasteiger partial charge in [-0.1, -0.05) is 0 Å². The zero-order valence-corrected chi connectivity index (χ0v) is 8.76. The number of hydrogen-bond donors (Lipinski definition) is 0. The van der Waals surface area contributed by atoms with Gasteiger partial charge in [0.1, 0.15) is 0 Å². The van der Waals surface area contributed by atoms with E-state index < -0.39 is 0 Å². The first-order valence-electron chi connectivity index (χ1n) is 4.48. The molecule has 1 fully saturated rings. The van der Waals surface area contributed by atoms with Crippen molar-refractivity contribution in [2.45, 2.75) is 19.6 Å². The van der Waals surface area contributed by atoms with Crippen molar-refractivity contribution in [3.8, 4) is 0 Å². The normalized spacial score (nSPS) is 31.0. The molecule has 0 radical (unpaired) electrons. The number of fused-ring (bicyclic) bond motifs is 1. The van der Waals surface area contributed by atoms with Crippen LogP contribution in [0.15, 0.2) is 11.8 Å². The molecule has 0 bridgehead atoms. The van der Waals surface area contributed by atoms with E-state index in [-0.39, 0.29) is 6.29 Å². The summed E-state index contributed by atoms with van der Waals surface area (Å²) in [7, 11) is 0. The van der Waals surface area contributed by atoms with Gasteiger partial charge in [0.15, 0.2) is 0 Å². The van der Waals surface area contributed by atoms with Crippen molar-refractivity contribution in [1.82, 2.24) is 0 Å². The summed E-state index contributed by atoms with van der Waals surface area (Å²) in [5.41, 5.74) is 0. The van der Waals surface area contributed by atoms with E-state index in [1.54, 1.807) is 0 Å².